The minimum absolute atomic E-state index is 0.105. The third-order valence-electron chi connectivity index (χ3n) is 2.20. The molecule has 0 spiro atoms. The Hall–Kier alpha value is -1.00. The molecule has 0 aromatic carbocycles. The fraction of sp³-hybridized carbons (Fsp3) is 0.778. The van der Waals surface area contributed by atoms with Crippen molar-refractivity contribution in [3.63, 3.8) is 0 Å². The Morgan fingerprint density at radius 3 is 2.86 bits per heavy atom. The molecule has 1 fully saturated rings. The van der Waals surface area contributed by atoms with Crippen LogP contribution in [0, 0.1) is 5.92 Å². The van der Waals surface area contributed by atoms with Gasteiger partial charge in [-0.25, -0.2) is 8.78 Å². The second-order valence-electron chi connectivity index (χ2n) is 3.33. The molecular weight excluding hydrogens is 194 g/mol. The van der Waals surface area contributed by atoms with Crippen LogP contribution in [0.4, 0.5) is 8.78 Å². The summed E-state index contributed by atoms with van der Waals surface area (Å²) in [6.07, 6.45) is -1.40. The van der Waals surface area contributed by atoms with Gasteiger partial charge >= 0.3 is 5.97 Å². The van der Waals surface area contributed by atoms with Gasteiger partial charge in [0.05, 0.1) is 6.61 Å². The van der Waals surface area contributed by atoms with E-state index in [1.807, 2.05) is 0 Å². The molecule has 14 heavy (non-hydrogen) atoms. The van der Waals surface area contributed by atoms with Crippen LogP contribution in [0.15, 0.2) is 0 Å². The lowest BCUT2D eigenvalue weighted by molar-refractivity contribution is -0.160. The Balaban J connectivity index is 2.66. The van der Waals surface area contributed by atoms with Gasteiger partial charge in [-0.3, -0.25) is 9.59 Å². The Bertz CT molecular complexity index is 250. The summed E-state index contributed by atoms with van der Waals surface area (Å²) in [4.78, 5) is 22.3. The molecule has 1 aliphatic carbocycles. The topological polar surface area (TPSA) is 43.4 Å². The van der Waals surface area contributed by atoms with E-state index in [2.05, 4.69) is 4.74 Å². The van der Waals surface area contributed by atoms with Crippen LogP contribution in [0.2, 0.25) is 0 Å². The van der Waals surface area contributed by atoms with Gasteiger partial charge in [-0.15, -0.1) is 0 Å². The first-order valence-electron chi connectivity index (χ1n) is 4.53. The lowest BCUT2D eigenvalue weighted by atomic mass is 9.85. The molecule has 5 heteroatoms. The van der Waals surface area contributed by atoms with Crippen LogP contribution in [0.3, 0.4) is 0 Å². The van der Waals surface area contributed by atoms with E-state index in [4.69, 9.17) is 0 Å². The number of hydrogen-bond acceptors (Lipinski definition) is 3. The molecule has 0 unspecified atom stereocenters. The van der Waals surface area contributed by atoms with E-state index in [-0.39, 0.29) is 13.0 Å². The summed E-state index contributed by atoms with van der Waals surface area (Å²) >= 11 is 0. The summed E-state index contributed by atoms with van der Waals surface area (Å²) in [5.41, 5.74) is 0. The molecule has 1 saturated carbocycles. The molecule has 3 nitrogen and oxygen atoms in total. The minimum atomic E-state index is -2.91. The summed E-state index contributed by atoms with van der Waals surface area (Å²) in [5.74, 6) is -5.43. The average molecular weight is 206 g/mol. The molecule has 1 aliphatic rings. The van der Waals surface area contributed by atoms with Crippen molar-refractivity contribution in [1.82, 2.24) is 0 Å². The molecule has 0 bridgehead atoms. The Labute approximate surface area is 80.4 Å². The highest BCUT2D eigenvalue weighted by Gasteiger charge is 2.44. The second kappa shape index (κ2) is 4.02. The average Bonchev–Trinajstić information content (AvgIpc) is 2.10. The zero-order valence-electron chi connectivity index (χ0n) is 7.89. The first-order chi connectivity index (χ1) is 6.46. The monoisotopic (exact) mass is 206 g/mol. The standard InChI is InChI=1S/C9H12F2O3/c1-2-14-8(13)6-5-9(10,11)4-3-7(6)12/h6H,2-5H2,1H3/t6-/m0/s1. The van der Waals surface area contributed by atoms with Gasteiger partial charge in [-0.1, -0.05) is 0 Å². The van der Waals surface area contributed by atoms with Crippen LogP contribution < -0.4 is 0 Å². The number of carbonyl (C=O) groups is 2. The predicted molar refractivity (Wildman–Crippen MR) is 43.9 cm³/mol. The SMILES string of the molecule is CCOC(=O)[C@H]1CC(F)(F)CCC1=O. The lowest BCUT2D eigenvalue weighted by Gasteiger charge is -2.26. The summed E-state index contributed by atoms with van der Waals surface area (Å²) in [6, 6.07) is 0. The van der Waals surface area contributed by atoms with Gasteiger partial charge in [-0.2, -0.15) is 0 Å². The number of carbonyl (C=O) groups excluding carboxylic acids is 2. The van der Waals surface area contributed by atoms with Crippen molar-refractivity contribution < 1.29 is 23.1 Å². The van der Waals surface area contributed by atoms with Crippen molar-refractivity contribution in [3.05, 3.63) is 0 Å². The maximum Gasteiger partial charge on any atom is 0.316 e. The number of esters is 1. The molecule has 0 aromatic heterocycles. The van der Waals surface area contributed by atoms with E-state index in [0.29, 0.717) is 0 Å². The first kappa shape index (κ1) is 11.1. The van der Waals surface area contributed by atoms with Crippen molar-refractivity contribution >= 4 is 11.8 Å². The number of halogens is 2. The molecule has 80 valence electrons. The highest BCUT2D eigenvalue weighted by atomic mass is 19.3. The van der Waals surface area contributed by atoms with Crippen molar-refractivity contribution in [2.75, 3.05) is 6.61 Å². The van der Waals surface area contributed by atoms with Crippen LogP contribution in [0.1, 0.15) is 26.2 Å². The van der Waals surface area contributed by atoms with Crippen molar-refractivity contribution in [3.8, 4) is 0 Å². The largest absolute Gasteiger partial charge is 0.465 e. The zero-order chi connectivity index (χ0) is 10.8. The number of ether oxygens (including phenoxy) is 1. The first-order valence-corrected chi connectivity index (χ1v) is 4.53. The van der Waals surface area contributed by atoms with Gasteiger partial charge in [0, 0.05) is 19.3 Å². The second-order valence-corrected chi connectivity index (χ2v) is 3.33. The van der Waals surface area contributed by atoms with Gasteiger partial charge in [-0.05, 0) is 6.92 Å². The number of alkyl halides is 2. The quantitative estimate of drug-likeness (QED) is 0.508. The number of ketones is 1. The van der Waals surface area contributed by atoms with Gasteiger partial charge in [0.25, 0.3) is 0 Å². The zero-order valence-corrected chi connectivity index (χ0v) is 7.89. The molecule has 0 aromatic rings. The predicted octanol–water partition coefficient (Wildman–Crippen LogP) is 1.55. The maximum atomic E-state index is 12.9. The summed E-state index contributed by atoms with van der Waals surface area (Å²) in [5, 5.41) is 0. The van der Waals surface area contributed by atoms with E-state index in [1.165, 1.54) is 0 Å². The molecule has 0 aliphatic heterocycles. The minimum Gasteiger partial charge on any atom is -0.465 e. The van der Waals surface area contributed by atoms with Crippen LogP contribution >= 0.6 is 0 Å². The van der Waals surface area contributed by atoms with Crippen LogP contribution in [-0.4, -0.2) is 24.3 Å². The van der Waals surface area contributed by atoms with E-state index in [9.17, 15) is 18.4 Å². The van der Waals surface area contributed by atoms with E-state index in [0.717, 1.165) is 0 Å². The smallest absolute Gasteiger partial charge is 0.316 e. The Kier molecular flexibility index (Phi) is 3.18. The van der Waals surface area contributed by atoms with Gasteiger partial charge in [0.1, 0.15) is 11.7 Å². The number of hydrogen-bond donors (Lipinski definition) is 0. The van der Waals surface area contributed by atoms with Crippen molar-refractivity contribution in [2.45, 2.75) is 32.1 Å². The molecule has 0 radical (unpaired) electrons. The van der Waals surface area contributed by atoms with Crippen molar-refractivity contribution in [1.29, 1.82) is 0 Å². The highest BCUT2D eigenvalue weighted by molar-refractivity contribution is 5.99. The van der Waals surface area contributed by atoms with Crippen LogP contribution in [0.5, 0.6) is 0 Å². The molecule has 0 N–H and O–H groups in total. The number of rotatable bonds is 2. The molecule has 0 heterocycles. The third-order valence-corrected chi connectivity index (χ3v) is 2.20. The summed E-state index contributed by atoms with van der Waals surface area (Å²) in [7, 11) is 0. The lowest BCUT2D eigenvalue weighted by Crippen LogP contribution is -2.38. The molecular formula is C9H12F2O3. The molecule has 1 atom stereocenters. The van der Waals surface area contributed by atoms with Gasteiger partial charge < -0.3 is 4.74 Å². The van der Waals surface area contributed by atoms with Crippen LogP contribution in [0.25, 0.3) is 0 Å². The molecule has 0 amide bonds. The Morgan fingerprint density at radius 2 is 2.29 bits per heavy atom. The third kappa shape index (κ3) is 2.49. The molecule has 0 saturated heterocycles. The Morgan fingerprint density at radius 1 is 1.64 bits per heavy atom. The molecule has 1 rings (SSSR count). The summed E-state index contributed by atoms with van der Waals surface area (Å²) in [6.45, 7) is 1.68. The fourth-order valence-corrected chi connectivity index (χ4v) is 1.45. The summed E-state index contributed by atoms with van der Waals surface area (Å²) < 4.78 is 30.3. The van der Waals surface area contributed by atoms with E-state index in [1.54, 1.807) is 6.92 Å². The highest BCUT2D eigenvalue weighted by Crippen LogP contribution is 2.35. The van der Waals surface area contributed by atoms with Crippen LogP contribution in [-0.2, 0) is 14.3 Å². The van der Waals surface area contributed by atoms with Gasteiger partial charge in [0.15, 0.2) is 0 Å². The van der Waals surface area contributed by atoms with E-state index >= 15 is 0 Å². The van der Waals surface area contributed by atoms with E-state index < -0.39 is 36.4 Å². The number of Topliss-reactive ketones (excluding diaryl/α,β-unsaturated/α-hetero) is 1. The van der Waals surface area contributed by atoms with Gasteiger partial charge in [0.2, 0.25) is 5.92 Å². The van der Waals surface area contributed by atoms with Crippen molar-refractivity contribution in [2.24, 2.45) is 5.92 Å². The fourth-order valence-electron chi connectivity index (χ4n) is 1.45. The normalized spacial score (nSPS) is 25.9. The maximum absolute atomic E-state index is 12.9.